The molecule has 4 heterocycles. The standard InChI is InChI=1S/C37H43F2N5O6/c1-5-25-28(38)8-7-22-13-24(50-21-47-3)14-26(29(22)25)31-30(39)32-27(15-40-31)33(44-12-6-9-36(2,46)18-44)42-35(41-32)49-20-37(10-11-37)19-43-16-23(17-43)34(45)48-4/h7-8,13-15,23,46H,5-6,9-12,16-21H2,1-4H3/t36-/m1/s1. The van der Waals surface area contributed by atoms with E-state index in [1.54, 1.807) is 31.3 Å². The molecule has 11 nitrogen and oxygen atoms in total. The third kappa shape index (κ3) is 6.66. The van der Waals surface area contributed by atoms with Gasteiger partial charge in [-0.05, 0) is 73.6 Å². The molecule has 2 aromatic heterocycles. The van der Waals surface area contributed by atoms with Gasteiger partial charge in [0.2, 0.25) is 0 Å². The van der Waals surface area contributed by atoms with E-state index in [1.807, 2.05) is 11.8 Å². The van der Waals surface area contributed by atoms with Crippen LogP contribution in [0.25, 0.3) is 32.9 Å². The number of benzene rings is 2. The zero-order chi connectivity index (χ0) is 35.2. The number of rotatable bonds is 12. The summed E-state index contributed by atoms with van der Waals surface area (Å²) in [7, 11) is 2.91. The van der Waals surface area contributed by atoms with E-state index in [-0.39, 0.29) is 41.3 Å². The highest BCUT2D eigenvalue weighted by Crippen LogP contribution is 2.48. The van der Waals surface area contributed by atoms with E-state index in [0.29, 0.717) is 84.5 Å². The fourth-order valence-electron chi connectivity index (χ4n) is 7.38. The van der Waals surface area contributed by atoms with Crippen LogP contribution in [0, 0.1) is 23.0 Å². The van der Waals surface area contributed by atoms with Crippen molar-refractivity contribution in [3.8, 4) is 23.0 Å². The van der Waals surface area contributed by atoms with Crippen molar-refractivity contribution in [1.82, 2.24) is 19.9 Å². The Bertz CT molecular complexity index is 1930. The first-order chi connectivity index (χ1) is 24.0. The Balaban J connectivity index is 1.29. The first kappa shape index (κ1) is 34.3. The van der Waals surface area contributed by atoms with Crippen LogP contribution < -0.4 is 14.4 Å². The number of halogens is 2. The molecule has 2 aromatic carbocycles. The van der Waals surface area contributed by atoms with Crippen LogP contribution in [-0.2, 0) is 20.7 Å². The number of methoxy groups -OCH3 is 2. The smallest absolute Gasteiger partial charge is 0.319 e. The summed E-state index contributed by atoms with van der Waals surface area (Å²) in [5, 5.41) is 12.6. The number of hydrogen-bond acceptors (Lipinski definition) is 11. The highest BCUT2D eigenvalue weighted by molar-refractivity contribution is 6.01. The molecule has 0 radical (unpaired) electrons. The number of aromatic nitrogens is 3. The first-order valence-electron chi connectivity index (χ1n) is 17.2. The fourth-order valence-corrected chi connectivity index (χ4v) is 7.38. The molecule has 0 amide bonds. The van der Waals surface area contributed by atoms with Crippen LogP contribution >= 0.6 is 0 Å². The van der Waals surface area contributed by atoms with E-state index in [0.717, 1.165) is 25.8 Å². The molecule has 13 heteroatoms. The van der Waals surface area contributed by atoms with Crippen LogP contribution in [0.4, 0.5) is 14.6 Å². The predicted molar refractivity (Wildman–Crippen MR) is 183 cm³/mol. The second-order valence-electron chi connectivity index (χ2n) is 14.2. The summed E-state index contributed by atoms with van der Waals surface area (Å²) in [4.78, 5) is 30.0. The maximum atomic E-state index is 17.0. The molecule has 4 aromatic rings. The number of piperidine rings is 1. The number of nitrogens with zero attached hydrogens (tertiary/aromatic N) is 5. The van der Waals surface area contributed by atoms with Crippen LogP contribution in [0.3, 0.4) is 0 Å². The minimum absolute atomic E-state index is 0.0106. The summed E-state index contributed by atoms with van der Waals surface area (Å²) < 4.78 is 54.2. The number of pyridine rings is 1. The van der Waals surface area contributed by atoms with Gasteiger partial charge in [0.05, 0.1) is 30.6 Å². The molecule has 3 fully saturated rings. The van der Waals surface area contributed by atoms with Gasteiger partial charge < -0.3 is 33.9 Å². The van der Waals surface area contributed by atoms with Crippen molar-refractivity contribution in [3.05, 3.63) is 47.7 Å². The van der Waals surface area contributed by atoms with Gasteiger partial charge in [-0.2, -0.15) is 9.97 Å². The summed E-state index contributed by atoms with van der Waals surface area (Å²) in [6.07, 6.45) is 5.18. The van der Waals surface area contributed by atoms with Gasteiger partial charge in [-0.3, -0.25) is 9.78 Å². The molecule has 0 spiro atoms. The summed E-state index contributed by atoms with van der Waals surface area (Å²) in [5.41, 5.74) is -0.261. The molecule has 1 aliphatic carbocycles. The molecule has 1 saturated carbocycles. The number of aliphatic hydroxyl groups is 1. The number of hydrogen-bond donors (Lipinski definition) is 1. The van der Waals surface area contributed by atoms with E-state index in [9.17, 15) is 9.90 Å². The van der Waals surface area contributed by atoms with E-state index in [4.69, 9.17) is 23.9 Å². The lowest BCUT2D eigenvalue weighted by Gasteiger charge is -2.39. The molecule has 7 rings (SSSR count). The van der Waals surface area contributed by atoms with Crippen LogP contribution in [0.5, 0.6) is 11.8 Å². The van der Waals surface area contributed by atoms with Crippen molar-refractivity contribution < 1.29 is 37.6 Å². The molecule has 3 aliphatic rings. The molecule has 1 atom stereocenters. The van der Waals surface area contributed by atoms with Gasteiger partial charge in [0, 0.05) is 57.0 Å². The van der Waals surface area contributed by atoms with Crippen molar-refractivity contribution >= 4 is 33.5 Å². The first-order valence-corrected chi connectivity index (χ1v) is 17.2. The number of fused-ring (bicyclic) bond motifs is 2. The molecule has 2 saturated heterocycles. The number of likely N-dealkylation sites (tertiary alicyclic amines) is 1. The Morgan fingerprint density at radius 1 is 1.10 bits per heavy atom. The zero-order valence-electron chi connectivity index (χ0n) is 28.9. The van der Waals surface area contributed by atoms with Crippen LogP contribution in [0.2, 0.25) is 0 Å². The molecule has 0 unspecified atom stereocenters. The lowest BCUT2D eigenvalue weighted by atomic mass is 9.94. The minimum atomic E-state index is -0.956. The number of carbonyl (C=O) groups is 1. The van der Waals surface area contributed by atoms with Crippen molar-refractivity contribution in [3.63, 3.8) is 0 Å². The summed E-state index contributed by atoms with van der Waals surface area (Å²) in [5.74, 6) is -0.540. The second kappa shape index (κ2) is 13.5. The number of aryl methyl sites for hydroxylation is 1. The summed E-state index contributed by atoms with van der Waals surface area (Å²) in [6.45, 7) is 6.90. The molecule has 0 bridgehead atoms. The predicted octanol–water partition coefficient (Wildman–Crippen LogP) is 5.28. The van der Waals surface area contributed by atoms with E-state index < -0.39 is 17.2 Å². The third-order valence-corrected chi connectivity index (χ3v) is 10.2. The van der Waals surface area contributed by atoms with Crippen molar-refractivity contribution in [1.29, 1.82) is 0 Å². The van der Waals surface area contributed by atoms with Gasteiger partial charge in [0.1, 0.15) is 28.6 Å². The van der Waals surface area contributed by atoms with Gasteiger partial charge >= 0.3 is 12.0 Å². The Morgan fingerprint density at radius 2 is 1.90 bits per heavy atom. The van der Waals surface area contributed by atoms with Crippen LogP contribution in [0.1, 0.15) is 45.1 Å². The Labute approximate surface area is 289 Å². The van der Waals surface area contributed by atoms with Gasteiger partial charge in [-0.15, -0.1) is 0 Å². The monoisotopic (exact) mass is 691 g/mol. The minimum Gasteiger partial charge on any atom is -0.469 e. The number of ether oxygens (including phenoxy) is 4. The zero-order valence-corrected chi connectivity index (χ0v) is 28.9. The molecule has 266 valence electrons. The van der Waals surface area contributed by atoms with Gasteiger partial charge in [0.25, 0.3) is 0 Å². The maximum absolute atomic E-state index is 17.0. The molecule has 50 heavy (non-hydrogen) atoms. The highest BCUT2D eigenvalue weighted by atomic mass is 19.1. The average Bonchev–Trinajstić information content (AvgIpc) is 3.86. The third-order valence-electron chi connectivity index (χ3n) is 10.2. The van der Waals surface area contributed by atoms with Crippen molar-refractivity contribution in [2.45, 2.75) is 51.6 Å². The second-order valence-corrected chi connectivity index (χ2v) is 14.2. The van der Waals surface area contributed by atoms with Crippen molar-refractivity contribution in [2.75, 3.05) is 65.2 Å². The highest BCUT2D eigenvalue weighted by Gasteiger charge is 2.48. The molecular weight excluding hydrogens is 648 g/mol. The van der Waals surface area contributed by atoms with Gasteiger partial charge in [-0.1, -0.05) is 13.0 Å². The van der Waals surface area contributed by atoms with Crippen molar-refractivity contribution in [2.24, 2.45) is 11.3 Å². The van der Waals surface area contributed by atoms with E-state index >= 15 is 8.78 Å². The Kier molecular flexibility index (Phi) is 9.25. The number of esters is 1. The van der Waals surface area contributed by atoms with Gasteiger partial charge in [0.15, 0.2) is 12.6 Å². The molecular formula is C37H43F2N5O6. The topological polar surface area (TPSA) is 119 Å². The van der Waals surface area contributed by atoms with Gasteiger partial charge in [-0.25, -0.2) is 8.78 Å². The molecule has 2 aliphatic heterocycles. The van der Waals surface area contributed by atoms with E-state index in [2.05, 4.69) is 14.9 Å². The van der Waals surface area contributed by atoms with E-state index in [1.165, 1.54) is 20.3 Å². The summed E-state index contributed by atoms with van der Waals surface area (Å²) in [6, 6.07) is 6.49. The largest absolute Gasteiger partial charge is 0.469 e. The SMILES string of the molecule is CCc1c(F)ccc2cc(OCOC)cc(-c3ncc4c(N5CCC[C@@](C)(O)C5)nc(OCC5(CN6CC(C(=O)OC)C6)CC5)nc4c3F)c12. The van der Waals surface area contributed by atoms with Crippen LogP contribution in [0.15, 0.2) is 30.5 Å². The lowest BCUT2D eigenvalue weighted by Crippen LogP contribution is -2.53. The lowest BCUT2D eigenvalue weighted by molar-refractivity contribution is -0.151. The quantitative estimate of drug-likeness (QED) is 0.154. The molecule has 1 N–H and O–H groups in total. The fraction of sp³-hybridized carbons (Fsp3) is 0.514. The number of β-amino-alcohol motifs (C(OH)–C–C–N with tert-alkyl or cyclic N) is 1. The Morgan fingerprint density at radius 3 is 2.60 bits per heavy atom. The number of anilines is 1. The maximum Gasteiger partial charge on any atom is 0.319 e. The number of carbonyl (C=O) groups excluding carboxylic acids is 1. The average molecular weight is 692 g/mol. The Hall–Kier alpha value is -4.20. The van der Waals surface area contributed by atoms with Crippen LogP contribution in [-0.4, -0.2) is 96.9 Å². The summed E-state index contributed by atoms with van der Waals surface area (Å²) >= 11 is 0. The normalized spacial score (nSPS) is 20.6.